The topological polar surface area (TPSA) is 56.1 Å². The third kappa shape index (κ3) is 5.42. The Balaban J connectivity index is 1.42. The fourth-order valence-corrected chi connectivity index (χ4v) is 3.61. The first-order valence-electron chi connectivity index (χ1n) is 10.0. The first kappa shape index (κ1) is 21.8. The molecule has 1 heterocycles. The Morgan fingerprint density at radius 1 is 1.06 bits per heavy atom. The molecular weight excluding hydrogens is 473 g/mol. The molecule has 1 aromatic heterocycles. The number of nitrogens with zero attached hydrogens (tertiary/aromatic N) is 2. The number of aromatic nitrogens is 2. The number of nitrogens with one attached hydrogen (secondary N) is 1. The van der Waals surface area contributed by atoms with Gasteiger partial charge in [0.2, 0.25) is 0 Å². The van der Waals surface area contributed by atoms with Gasteiger partial charge in [0, 0.05) is 27.4 Å². The van der Waals surface area contributed by atoms with E-state index in [1.807, 2.05) is 43.3 Å². The molecule has 7 heteroatoms. The van der Waals surface area contributed by atoms with Crippen molar-refractivity contribution < 1.29 is 13.9 Å². The number of aryl methyl sites for hydroxylation is 1. The highest BCUT2D eigenvalue weighted by molar-refractivity contribution is 9.10. The van der Waals surface area contributed by atoms with E-state index in [-0.39, 0.29) is 18.3 Å². The third-order valence-corrected chi connectivity index (χ3v) is 5.38. The smallest absolute Gasteiger partial charge is 0.256 e. The first-order chi connectivity index (χ1) is 15.5. The van der Waals surface area contributed by atoms with Gasteiger partial charge in [0.25, 0.3) is 5.91 Å². The zero-order valence-electron chi connectivity index (χ0n) is 17.4. The maximum absolute atomic E-state index is 14.0. The summed E-state index contributed by atoms with van der Waals surface area (Å²) >= 11 is 3.42. The average molecular weight is 494 g/mol. The molecule has 5 nitrogen and oxygen atoms in total. The number of carbonyl (C=O) groups excluding carboxylic acids is 1. The molecule has 1 N–H and O–H groups in total. The normalized spacial score (nSPS) is 10.7. The average Bonchev–Trinajstić information content (AvgIpc) is 3.12. The summed E-state index contributed by atoms with van der Waals surface area (Å²) in [5, 5.41) is 7.22. The fourth-order valence-electron chi connectivity index (χ4n) is 3.23. The van der Waals surface area contributed by atoms with Crippen molar-refractivity contribution in [3.05, 3.63) is 112 Å². The number of halogens is 2. The third-order valence-electron chi connectivity index (χ3n) is 4.89. The number of amides is 1. The zero-order chi connectivity index (χ0) is 22.5. The van der Waals surface area contributed by atoms with Crippen LogP contribution in [-0.2, 0) is 13.2 Å². The summed E-state index contributed by atoms with van der Waals surface area (Å²) in [6.07, 6.45) is 0. The molecule has 0 fully saturated rings. The summed E-state index contributed by atoms with van der Waals surface area (Å²) < 4.78 is 22.4. The van der Waals surface area contributed by atoms with Gasteiger partial charge in [-0.25, -0.2) is 4.39 Å². The molecule has 162 valence electrons. The Bertz CT molecular complexity index is 1260. The quantitative estimate of drug-likeness (QED) is 0.344. The number of hydrogen-bond donors (Lipinski definition) is 1. The molecule has 0 atom stereocenters. The van der Waals surface area contributed by atoms with Crippen molar-refractivity contribution in [3.8, 4) is 5.75 Å². The van der Waals surface area contributed by atoms with Gasteiger partial charge in [0.1, 0.15) is 18.2 Å². The van der Waals surface area contributed by atoms with Crippen LogP contribution in [0.4, 0.5) is 10.2 Å². The number of rotatable bonds is 7. The van der Waals surface area contributed by atoms with Gasteiger partial charge in [-0.2, -0.15) is 5.10 Å². The maximum atomic E-state index is 14.0. The molecular formula is C25H21BrFN3O2. The van der Waals surface area contributed by atoms with Crippen LogP contribution in [0.3, 0.4) is 0 Å². The highest BCUT2D eigenvalue weighted by Crippen LogP contribution is 2.20. The second-order valence-electron chi connectivity index (χ2n) is 7.32. The van der Waals surface area contributed by atoms with Gasteiger partial charge in [-0.1, -0.05) is 52.3 Å². The SMILES string of the molecule is Cc1cc(NC(=O)c2cccc(COc3cccc(Br)c3)c2)nn1Cc1ccccc1F. The molecule has 4 aromatic rings. The van der Waals surface area contributed by atoms with Crippen molar-refractivity contribution in [3.63, 3.8) is 0 Å². The Morgan fingerprint density at radius 3 is 2.69 bits per heavy atom. The number of anilines is 1. The fraction of sp³-hybridized carbons (Fsp3) is 0.120. The monoisotopic (exact) mass is 493 g/mol. The van der Waals surface area contributed by atoms with E-state index in [0.29, 0.717) is 23.6 Å². The molecule has 1 amide bonds. The Labute approximate surface area is 194 Å². The Kier molecular flexibility index (Phi) is 6.66. The minimum atomic E-state index is -0.283. The van der Waals surface area contributed by atoms with Crippen LogP contribution in [0, 0.1) is 12.7 Å². The van der Waals surface area contributed by atoms with Gasteiger partial charge in [0.15, 0.2) is 5.82 Å². The first-order valence-corrected chi connectivity index (χ1v) is 10.8. The lowest BCUT2D eigenvalue weighted by Crippen LogP contribution is -2.13. The van der Waals surface area contributed by atoms with E-state index in [1.54, 1.807) is 41.1 Å². The lowest BCUT2D eigenvalue weighted by Gasteiger charge is -2.08. The van der Waals surface area contributed by atoms with Gasteiger partial charge >= 0.3 is 0 Å². The minimum absolute atomic E-state index is 0.273. The van der Waals surface area contributed by atoms with Crippen LogP contribution in [0.15, 0.2) is 83.3 Å². The maximum Gasteiger partial charge on any atom is 0.256 e. The summed E-state index contributed by atoms with van der Waals surface area (Å²) in [5.41, 5.74) is 2.73. The molecule has 32 heavy (non-hydrogen) atoms. The van der Waals surface area contributed by atoms with E-state index in [9.17, 15) is 9.18 Å². The van der Waals surface area contributed by atoms with Gasteiger partial charge < -0.3 is 10.1 Å². The Hall–Kier alpha value is -3.45. The predicted molar refractivity (Wildman–Crippen MR) is 125 cm³/mol. The molecule has 0 saturated heterocycles. The number of ether oxygens (including phenoxy) is 1. The van der Waals surface area contributed by atoms with Crippen molar-refractivity contribution in [2.75, 3.05) is 5.32 Å². The number of carbonyl (C=O) groups is 1. The van der Waals surface area contributed by atoms with E-state index in [2.05, 4.69) is 26.3 Å². The van der Waals surface area contributed by atoms with E-state index in [1.165, 1.54) is 6.07 Å². The molecule has 0 aliphatic rings. The van der Waals surface area contributed by atoms with E-state index in [4.69, 9.17) is 4.74 Å². The molecule has 0 aliphatic carbocycles. The second-order valence-corrected chi connectivity index (χ2v) is 8.24. The van der Waals surface area contributed by atoms with Crippen LogP contribution in [0.1, 0.15) is 27.2 Å². The van der Waals surface area contributed by atoms with Crippen molar-refractivity contribution in [1.29, 1.82) is 0 Å². The van der Waals surface area contributed by atoms with Crippen LogP contribution in [0.25, 0.3) is 0 Å². The van der Waals surface area contributed by atoms with Crippen LogP contribution >= 0.6 is 15.9 Å². The highest BCUT2D eigenvalue weighted by Gasteiger charge is 2.12. The molecule has 0 radical (unpaired) electrons. The molecule has 0 bridgehead atoms. The molecule has 0 saturated carbocycles. The van der Waals surface area contributed by atoms with Crippen molar-refractivity contribution in [2.24, 2.45) is 0 Å². The number of benzene rings is 3. The van der Waals surface area contributed by atoms with Gasteiger partial charge in [-0.3, -0.25) is 9.48 Å². The van der Waals surface area contributed by atoms with Gasteiger partial charge in [-0.15, -0.1) is 0 Å². The molecule has 3 aromatic carbocycles. The van der Waals surface area contributed by atoms with E-state index < -0.39 is 0 Å². The lowest BCUT2D eigenvalue weighted by molar-refractivity contribution is 0.102. The van der Waals surface area contributed by atoms with E-state index >= 15 is 0 Å². The summed E-state index contributed by atoms with van der Waals surface area (Å²) in [7, 11) is 0. The summed E-state index contributed by atoms with van der Waals surface area (Å²) in [5.74, 6) is 0.601. The summed E-state index contributed by atoms with van der Waals surface area (Å²) in [4.78, 5) is 12.8. The predicted octanol–water partition coefficient (Wildman–Crippen LogP) is 5.97. The number of hydrogen-bond acceptors (Lipinski definition) is 3. The molecule has 0 aliphatic heterocycles. The van der Waals surface area contributed by atoms with E-state index in [0.717, 1.165) is 21.5 Å². The summed E-state index contributed by atoms with van der Waals surface area (Å²) in [6.45, 7) is 2.49. The highest BCUT2D eigenvalue weighted by atomic mass is 79.9. The van der Waals surface area contributed by atoms with Gasteiger partial charge in [0.05, 0.1) is 6.54 Å². The van der Waals surface area contributed by atoms with Crippen molar-refractivity contribution >= 4 is 27.7 Å². The molecule has 0 spiro atoms. The van der Waals surface area contributed by atoms with Crippen LogP contribution in [0.5, 0.6) is 5.75 Å². The van der Waals surface area contributed by atoms with Crippen molar-refractivity contribution in [2.45, 2.75) is 20.1 Å². The summed E-state index contributed by atoms with van der Waals surface area (Å²) in [6, 6.07) is 23.2. The standard InChI is InChI=1S/C25H21BrFN3O2/c1-17-12-24(29-30(17)15-20-7-2-3-11-23(20)27)28-25(31)19-8-4-6-18(13-19)16-32-22-10-5-9-21(26)14-22/h2-14H,15-16H2,1H3,(H,28,29,31). The van der Waals surface area contributed by atoms with Gasteiger partial charge in [-0.05, 0) is 48.9 Å². The molecule has 4 rings (SSSR count). The molecule has 0 unspecified atom stereocenters. The largest absolute Gasteiger partial charge is 0.489 e. The van der Waals surface area contributed by atoms with Crippen LogP contribution in [-0.4, -0.2) is 15.7 Å². The van der Waals surface area contributed by atoms with Crippen LogP contribution < -0.4 is 10.1 Å². The minimum Gasteiger partial charge on any atom is -0.489 e. The lowest BCUT2D eigenvalue weighted by atomic mass is 10.1. The Morgan fingerprint density at radius 2 is 1.88 bits per heavy atom. The van der Waals surface area contributed by atoms with Crippen molar-refractivity contribution in [1.82, 2.24) is 9.78 Å². The zero-order valence-corrected chi connectivity index (χ0v) is 19.0. The second kappa shape index (κ2) is 9.78. The van der Waals surface area contributed by atoms with Crippen LogP contribution in [0.2, 0.25) is 0 Å².